The SMILES string of the molecule is COc1ccc(CCNC(=O)CCCN(c2cc(C)cc(C)c2)S(C)(=O)=O)cc1. The van der Waals surface area contributed by atoms with Crippen LogP contribution in [0.2, 0.25) is 0 Å². The van der Waals surface area contributed by atoms with Crippen molar-refractivity contribution in [3.8, 4) is 5.75 Å². The lowest BCUT2D eigenvalue weighted by molar-refractivity contribution is -0.121. The molecule has 1 amide bonds. The van der Waals surface area contributed by atoms with E-state index >= 15 is 0 Å². The fraction of sp³-hybridized carbons (Fsp3) is 0.409. The van der Waals surface area contributed by atoms with Crippen molar-refractivity contribution in [3.63, 3.8) is 0 Å². The van der Waals surface area contributed by atoms with Gasteiger partial charge in [-0.2, -0.15) is 0 Å². The van der Waals surface area contributed by atoms with Gasteiger partial charge in [-0.05, 0) is 67.6 Å². The first-order valence-corrected chi connectivity index (χ1v) is 11.5. The lowest BCUT2D eigenvalue weighted by Crippen LogP contribution is -2.32. The van der Waals surface area contributed by atoms with E-state index in [1.807, 2.05) is 56.3 Å². The number of carbonyl (C=O) groups is 1. The second kappa shape index (κ2) is 10.3. The van der Waals surface area contributed by atoms with Crippen molar-refractivity contribution in [2.75, 3.05) is 30.8 Å². The number of amides is 1. The zero-order valence-corrected chi connectivity index (χ0v) is 18.4. The van der Waals surface area contributed by atoms with Crippen LogP contribution < -0.4 is 14.4 Å². The Kier molecular flexibility index (Phi) is 8.08. The minimum Gasteiger partial charge on any atom is -0.497 e. The maximum Gasteiger partial charge on any atom is 0.232 e. The second-order valence-corrected chi connectivity index (χ2v) is 9.14. The van der Waals surface area contributed by atoms with Crippen molar-refractivity contribution in [2.45, 2.75) is 33.1 Å². The summed E-state index contributed by atoms with van der Waals surface area (Å²) in [6.45, 7) is 4.69. The Morgan fingerprint density at radius 2 is 1.69 bits per heavy atom. The lowest BCUT2D eigenvalue weighted by Gasteiger charge is -2.23. The molecule has 0 spiro atoms. The van der Waals surface area contributed by atoms with Gasteiger partial charge in [-0.15, -0.1) is 0 Å². The summed E-state index contributed by atoms with van der Waals surface area (Å²) < 4.78 is 30.9. The van der Waals surface area contributed by atoms with Crippen LogP contribution in [0.4, 0.5) is 5.69 Å². The molecule has 0 aliphatic heterocycles. The molecule has 0 atom stereocenters. The molecule has 2 aromatic carbocycles. The van der Waals surface area contributed by atoms with Gasteiger partial charge in [0.1, 0.15) is 5.75 Å². The number of methoxy groups -OCH3 is 1. The highest BCUT2D eigenvalue weighted by atomic mass is 32.2. The third-order valence-electron chi connectivity index (χ3n) is 4.55. The molecule has 0 bridgehead atoms. The number of nitrogens with zero attached hydrogens (tertiary/aromatic N) is 1. The van der Waals surface area contributed by atoms with Crippen LogP contribution in [0.1, 0.15) is 29.5 Å². The van der Waals surface area contributed by atoms with E-state index in [9.17, 15) is 13.2 Å². The quantitative estimate of drug-likeness (QED) is 0.643. The third kappa shape index (κ3) is 7.42. The van der Waals surface area contributed by atoms with Crippen LogP contribution in [-0.2, 0) is 21.2 Å². The van der Waals surface area contributed by atoms with Crippen LogP contribution in [0.5, 0.6) is 5.75 Å². The molecule has 29 heavy (non-hydrogen) atoms. The van der Waals surface area contributed by atoms with Crippen molar-refractivity contribution >= 4 is 21.6 Å². The van der Waals surface area contributed by atoms with Gasteiger partial charge in [0.15, 0.2) is 0 Å². The standard InChI is InChI=1S/C22H30N2O4S/c1-17-14-18(2)16-20(15-17)24(29(4,26)27)13-5-6-22(25)23-12-11-19-7-9-21(28-3)10-8-19/h7-10,14-16H,5-6,11-13H2,1-4H3,(H,23,25). The number of carbonyl (C=O) groups excluding carboxylic acids is 1. The predicted molar refractivity (Wildman–Crippen MR) is 117 cm³/mol. The summed E-state index contributed by atoms with van der Waals surface area (Å²) >= 11 is 0. The summed E-state index contributed by atoms with van der Waals surface area (Å²) in [6.07, 6.45) is 2.65. The number of sulfonamides is 1. The average molecular weight is 419 g/mol. The second-order valence-electron chi connectivity index (χ2n) is 7.23. The number of aryl methyl sites for hydroxylation is 2. The molecule has 1 N–H and O–H groups in total. The summed E-state index contributed by atoms with van der Waals surface area (Å²) in [6, 6.07) is 13.4. The number of rotatable bonds is 10. The normalized spacial score (nSPS) is 11.2. The third-order valence-corrected chi connectivity index (χ3v) is 5.75. The van der Waals surface area contributed by atoms with E-state index in [1.165, 1.54) is 10.6 Å². The van der Waals surface area contributed by atoms with Gasteiger partial charge in [0.05, 0.1) is 19.1 Å². The minimum atomic E-state index is -3.42. The van der Waals surface area contributed by atoms with Crippen LogP contribution >= 0.6 is 0 Å². The molecule has 0 heterocycles. The zero-order chi connectivity index (χ0) is 21.4. The zero-order valence-electron chi connectivity index (χ0n) is 17.6. The summed E-state index contributed by atoms with van der Waals surface area (Å²) in [4.78, 5) is 12.1. The van der Waals surface area contributed by atoms with Gasteiger partial charge in [-0.25, -0.2) is 8.42 Å². The van der Waals surface area contributed by atoms with Gasteiger partial charge < -0.3 is 10.1 Å². The Hall–Kier alpha value is -2.54. The molecule has 0 aliphatic carbocycles. The Labute approximate surface area is 173 Å². The average Bonchev–Trinajstić information content (AvgIpc) is 2.64. The van der Waals surface area contributed by atoms with Crippen LogP contribution in [0.3, 0.4) is 0 Å². The first kappa shape index (κ1) is 22.7. The van der Waals surface area contributed by atoms with Crippen molar-refractivity contribution in [1.82, 2.24) is 5.32 Å². The van der Waals surface area contributed by atoms with Gasteiger partial charge in [0, 0.05) is 19.5 Å². The number of nitrogens with one attached hydrogen (secondary N) is 1. The van der Waals surface area contributed by atoms with Crippen molar-refractivity contribution in [2.24, 2.45) is 0 Å². The van der Waals surface area contributed by atoms with E-state index in [0.29, 0.717) is 18.7 Å². The molecule has 0 unspecified atom stereocenters. The maximum atomic E-state index is 12.2. The molecule has 0 fully saturated rings. The molecule has 0 aliphatic rings. The number of anilines is 1. The number of benzene rings is 2. The molecule has 6 nitrogen and oxygen atoms in total. The molecule has 7 heteroatoms. The van der Waals surface area contributed by atoms with Crippen molar-refractivity contribution in [3.05, 3.63) is 59.2 Å². The van der Waals surface area contributed by atoms with E-state index < -0.39 is 10.0 Å². The monoisotopic (exact) mass is 418 g/mol. The van der Waals surface area contributed by atoms with Gasteiger partial charge in [-0.3, -0.25) is 9.10 Å². The Balaban J connectivity index is 1.83. The van der Waals surface area contributed by atoms with Crippen molar-refractivity contribution < 1.29 is 17.9 Å². The highest BCUT2D eigenvalue weighted by molar-refractivity contribution is 7.92. The van der Waals surface area contributed by atoms with E-state index in [1.54, 1.807) is 7.11 Å². The van der Waals surface area contributed by atoms with E-state index in [4.69, 9.17) is 4.74 Å². The number of ether oxygens (including phenoxy) is 1. The molecule has 0 aromatic heterocycles. The molecule has 0 radical (unpaired) electrons. The first-order valence-electron chi connectivity index (χ1n) is 9.64. The Morgan fingerprint density at radius 1 is 1.07 bits per heavy atom. The fourth-order valence-electron chi connectivity index (χ4n) is 3.19. The van der Waals surface area contributed by atoms with Gasteiger partial charge in [0.25, 0.3) is 0 Å². The van der Waals surface area contributed by atoms with Crippen LogP contribution in [-0.4, -0.2) is 40.8 Å². The van der Waals surface area contributed by atoms with Crippen LogP contribution in [0, 0.1) is 13.8 Å². The Morgan fingerprint density at radius 3 is 2.24 bits per heavy atom. The first-order chi connectivity index (χ1) is 13.7. The summed E-state index contributed by atoms with van der Waals surface area (Å²) in [5, 5.41) is 2.89. The van der Waals surface area contributed by atoms with Crippen LogP contribution in [0.25, 0.3) is 0 Å². The van der Waals surface area contributed by atoms with Gasteiger partial charge in [0.2, 0.25) is 15.9 Å². The summed E-state index contributed by atoms with van der Waals surface area (Å²) in [7, 11) is -1.79. The van der Waals surface area contributed by atoms with E-state index in [2.05, 4.69) is 5.32 Å². The van der Waals surface area contributed by atoms with Gasteiger partial charge >= 0.3 is 0 Å². The smallest absolute Gasteiger partial charge is 0.232 e. The molecular formula is C22H30N2O4S. The molecule has 0 saturated heterocycles. The number of hydrogen-bond donors (Lipinski definition) is 1. The molecule has 2 aromatic rings. The fourth-order valence-corrected chi connectivity index (χ4v) is 4.14. The highest BCUT2D eigenvalue weighted by Crippen LogP contribution is 2.21. The maximum absolute atomic E-state index is 12.2. The highest BCUT2D eigenvalue weighted by Gasteiger charge is 2.18. The number of hydrogen-bond acceptors (Lipinski definition) is 4. The molecular weight excluding hydrogens is 388 g/mol. The minimum absolute atomic E-state index is 0.0765. The lowest BCUT2D eigenvalue weighted by atomic mass is 10.1. The van der Waals surface area contributed by atoms with E-state index in [-0.39, 0.29) is 18.9 Å². The van der Waals surface area contributed by atoms with Gasteiger partial charge in [-0.1, -0.05) is 18.2 Å². The molecule has 0 saturated carbocycles. The molecule has 158 valence electrons. The molecule has 2 rings (SSSR count). The van der Waals surface area contributed by atoms with E-state index in [0.717, 1.165) is 28.9 Å². The predicted octanol–water partition coefficient (Wildman–Crippen LogP) is 3.22. The topological polar surface area (TPSA) is 75.7 Å². The summed E-state index contributed by atoms with van der Waals surface area (Å²) in [5.74, 6) is 0.726. The summed E-state index contributed by atoms with van der Waals surface area (Å²) in [5.41, 5.74) is 3.77. The largest absolute Gasteiger partial charge is 0.497 e. The Bertz CT molecular complexity index is 904. The van der Waals surface area contributed by atoms with Crippen LogP contribution in [0.15, 0.2) is 42.5 Å². The van der Waals surface area contributed by atoms with Crippen molar-refractivity contribution in [1.29, 1.82) is 0 Å².